The molecule has 96 valence electrons. The SMILES string of the molecule is Cc1[nH]n(C)c(=O)c1-c1noc(-c2ccccc2)n1. The van der Waals surface area contributed by atoms with Crippen LogP contribution < -0.4 is 5.56 Å². The van der Waals surface area contributed by atoms with E-state index in [4.69, 9.17) is 4.52 Å². The lowest BCUT2D eigenvalue weighted by molar-refractivity contribution is 0.432. The van der Waals surface area contributed by atoms with E-state index in [1.54, 1.807) is 14.0 Å². The molecule has 3 rings (SSSR count). The highest BCUT2D eigenvalue weighted by molar-refractivity contribution is 5.60. The van der Waals surface area contributed by atoms with Crippen molar-refractivity contribution in [2.24, 2.45) is 7.05 Å². The predicted molar refractivity (Wildman–Crippen MR) is 69.5 cm³/mol. The van der Waals surface area contributed by atoms with Crippen LogP contribution in [-0.2, 0) is 7.05 Å². The summed E-state index contributed by atoms with van der Waals surface area (Å²) in [4.78, 5) is 16.2. The molecule has 3 aromatic rings. The standard InChI is InChI=1S/C13H12N4O2/c1-8-10(13(18)17(2)15-8)11-14-12(19-16-11)9-6-4-3-5-7-9/h3-7,15H,1-2H3. The number of hydrogen-bond donors (Lipinski definition) is 1. The Morgan fingerprint density at radius 2 is 2.00 bits per heavy atom. The molecule has 0 unspecified atom stereocenters. The molecule has 0 fully saturated rings. The summed E-state index contributed by atoms with van der Waals surface area (Å²) in [5, 5.41) is 6.78. The predicted octanol–water partition coefficient (Wildman–Crippen LogP) is 1.74. The molecule has 0 bridgehead atoms. The van der Waals surface area contributed by atoms with Crippen LogP contribution in [0.5, 0.6) is 0 Å². The van der Waals surface area contributed by atoms with Crippen molar-refractivity contribution in [2.45, 2.75) is 6.92 Å². The molecule has 6 nitrogen and oxygen atoms in total. The van der Waals surface area contributed by atoms with Crippen molar-refractivity contribution in [2.75, 3.05) is 0 Å². The van der Waals surface area contributed by atoms with Gasteiger partial charge in [-0.05, 0) is 19.1 Å². The van der Waals surface area contributed by atoms with Gasteiger partial charge in [0.15, 0.2) is 0 Å². The van der Waals surface area contributed by atoms with Gasteiger partial charge in [0.2, 0.25) is 5.82 Å². The number of nitrogens with one attached hydrogen (secondary N) is 1. The molecule has 1 N–H and O–H groups in total. The van der Waals surface area contributed by atoms with Crippen molar-refractivity contribution in [3.63, 3.8) is 0 Å². The highest BCUT2D eigenvalue weighted by Crippen LogP contribution is 2.21. The van der Waals surface area contributed by atoms with Crippen LogP contribution in [0.4, 0.5) is 0 Å². The van der Waals surface area contributed by atoms with Gasteiger partial charge in [0.25, 0.3) is 11.4 Å². The highest BCUT2D eigenvalue weighted by Gasteiger charge is 2.18. The van der Waals surface area contributed by atoms with Gasteiger partial charge in [0.05, 0.1) is 0 Å². The molecular formula is C13H12N4O2. The summed E-state index contributed by atoms with van der Waals surface area (Å²) in [6, 6.07) is 9.44. The van der Waals surface area contributed by atoms with E-state index in [1.807, 2.05) is 30.3 Å². The molecule has 0 saturated carbocycles. The van der Waals surface area contributed by atoms with Crippen molar-refractivity contribution in [1.29, 1.82) is 0 Å². The highest BCUT2D eigenvalue weighted by atomic mass is 16.5. The van der Waals surface area contributed by atoms with E-state index in [0.29, 0.717) is 23.0 Å². The second kappa shape index (κ2) is 4.24. The lowest BCUT2D eigenvalue weighted by Gasteiger charge is -1.90. The number of benzene rings is 1. The molecule has 2 aromatic heterocycles. The monoisotopic (exact) mass is 256 g/mol. The molecule has 6 heteroatoms. The summed E-state index contributed by atoms with van der Waals surface area (Å²) >= 11 is 0. The van der Waals surface area contributed by atoms with E-state index in [0.717, 1.165) is 5.56 Å². The Balaban J connectivity index is 2.09. The van der Waals surface area contributed by atoms with E-state index >= 15 is 0 Å². The Morgan fingerprint density at radius 3 is 2.63 bits per heavy atom. The third kappa shape index (κ3) is 1.87. The summed E-state index contributed by atoms with van der Waals surface area (Å²) in [6.45, 7) is 1.80. The molecule has 0 saturated heterocycles. The summed E-state index contributed by atoms with van der Waals surface area (Å²) in [6.07, 6.45) is 0. The number of aromatic nitrogens is 4. The zero-order chi connectivity index (χ0) is 13.4. The van der Waals surface area contributed by atoms with Gasteiger partial charge in [0, 0.05) is 18.3 Å². The Kier molecular flexibility index (Phi) is 2.56. The molecule has 0 aliphatic carbocycles. The first-order valence-electron chi connectivity index (χ1n) is 5.82. The van der Waals surface area contributed by atoms with Gasteiger partial charge in [-0.25, -0.2) is 0 Å². The maximum Gasteiger partial charge on any atom is 0.277 e. The average molecular weight is 256 g/mol. The van der Waals surface area contributed by atoms with Gasteiger partial charge in [-0.15, -0.1) is 0 Å². The minimum absolute atomic E-state index is 0.169. The topological polar surface area (TPSA) is 76.7 Å². The van der Waals surface area contributed by atoms with Gasteiger partial charge in [-0.2, -0.15) is 4.98 Å². The van der Waals surface area contributed by atoms with Crippen LogP contribution in [0, 0.1) is 6.92 Å². The number of aryl methyl sites for hydroxylation is 2. The third-order valence-corrected chi connectivity index (χ3v) is 2.90. The zero-order valence-corrected chi connectivity index (χ0v) is 10.5. The average Bonchev–Trinajstić information content (AvgIpc) is 2.97. The lowest BCUT2D eigenvalue weighted by atomic mass is 10.2. The summed E-state index contributed by atoms with van der Waals surface area (Å²) in [5.74, 6) is 0.705. The lowest BCUT2D eigenvalue weighted by Crippen LogP contribution is -2.13. The van der Waals surface area contributed by atoms with Crippen LogP contribution in [0.15, 0.2) is 39.6 Å². The number of nitrogens with zero attached hydrogens (tertiary/aromatic N) is 3. The van der Waals surface area contributed by atoms with Gasteiger partial charge in [-0.3, -0.25) is 14.6 Å². The maximum atomic E-state index is 11.9. The minimum Gasteiger partial charge on any atom is -0.334 e. The molecule has 19 heavy (non-hydrogen) atoms. The molecule has 0 spiro atoms. The first-order chi connectivity index (χ1) is 9.16. The summed E-state index contributed by atoms with van der Waals surface area (Å²) < 4.78 is 6.59. The molecule has 1 aromatic carbocycles. The van der Waals surface area contributed by atoms with Gasteiger partial charge >= 0.3 is 0 Å². The van der Waals surface area contributed by atoms with Crippen LogP contribution in [0.3, 0.4) is 0 Å². The largest absolute Gasteiger partial charge is 0.334 e. The van der Waals surface area contributed by atoms with E-state index in [9.17, 15) is 4.79 Å². The van der Waals surface area contributed by atoms with E-state index in [-0.39, 0.29) is 5.56 Å². The molecule has 0 atom stereocenters. The van der Waals surface area contributed by atoms with Crippen LogP contribution in [-0.4, -0.2) is 19.9 Å². The zero-order valence-electron chi connectivity index (χ0n) is 10.5. The van der Waals surface area contributed by atoms with E-state index in [2.05, 4.69) is 15.2 Å². The van der Waals surface area contributed by atoms with E-state index < -0.39 is 0 Å². The van der Waals surface area contributed by atoms with Crippen molar-refractivity contribution in [1.82, 2.24) is 19.9 Å². The molecule has 2 heterocycles. The number of hydrogen-bond acceptors (Lipinski definition) is 4. The first-order valence-corrected chi connectivity index (χ1v) is 5.82. The van der Waals surface area contributed by atoms with Crippen molar-refractivity contribution >= 4 is 0 Å². The molecule has 0 aliphatic rings. The minimum atomic E-state index is -0.169. The fourth-order valence-electron chi connectivity index (χ4n) is 1.97. The number of aromatic amines is 1. The van der Waals surface area contributed by atoms with Gasteiger partial charge in [-0.1, -0.05) is 23.4 Å². The summed E-state index contributed by atoms with van der Waals surface area (Å²) in [5.41, 5.74) is 1.81. The van der Waals surface area contributed by atoms with Crippen LogP contribution >= 0.6 is 0 Å². The Bertz CT molecular complexity index is 768. The van der Waals surface area contributed by atoms with Gasteiger partial charge in [0.1, 0.15) is 5.56 Å². The second-order valence-electron chi connectivity index (χ2n) is 4.27. The molecule has 0 aliphatic heterocycles. The van der Waals surface area contributed by atoms with Crippen molar-refractivity contribution < 1.29 is 4.52 Å². The quantitative estimate of drug-likeness (QED) is 0.757. The normalized spacial score (nSPS) is 10.8. The fourth-order valence-corrected chi connectivity index (χ4v) is 1.97. The molecule has 0 amide bonds. The Hall–Kier alpha value is -2.63. The summed E-state index contributed by atoms with van der Waals surface area (Å²) in [7, 11) is 1.65. The van der Waals surface area contributed by atoms with Crippen LogP contribution in [0.2, 0.25) is 0 Å². The Morgan fingerprint density at radius 1 is 1.26 bits per heavy atom. The molecule has 0 radical (unpaired) electrons. The number of rotatable bonds is 2. The maximum absolute atomic E-state index is 11.9. The van der Waals surface area contributed by atoms with Crippen LogP contribution in [0.1, 0.15) is 5.69 Å². The van der Waals surface area contributed by atoms with Gasteiger partial charge < -0.3 is 4.52 Å². The fraction of sp³-hybridized carbons (Fsp3) is 0.154. The first kappa shape index (κ1) is 11.5. The van der Waals surface area contributed by atoms with Crippen molar-refractivity contribution in [3.8, 4) is 22.8 Å². The third-order valence-electron chi connectivity index (χ3n) is 2.90. The molecular weight excluding hydrogens is 244 g/mol. The second-order valence-corrected chi connectivity index (χ2v) is 4.27. The van der Waals surface area contributed by atoms with Crippen LogP contribution in [0.25, 0.3) is 22.8 Å². The smallest absolute Gasteiger partial charge is 0.277 e. The van der Waals surface area contributed by atoms with Crippen molar-refractivity contribution in [3.05, 3.63) is 46.4 Å². The Labute approximate surface area is 108 Å². The van der Waals surface area contributed by atoms with E-state index in [1.165, 1.54) is 4.68 Å². The number of H-pyrrole nitrogens is 1.